The molecule has 3 rings (SSSR count). The van der Waals surface area contributed by atoms with Crippen LogP contribution in [0.15, 0.2) is 84.9 Å². The van der Waals surface area contributed by atoms with Gasteiger partial charge in [0.05, 0.1) is 5.02 Å². The number of halogens is 1. The van der Waals surface area contributed by atoms with Gasteiger partial charge in [0, 0.05) is 13.1 Å². The molecule has 0 heterocycles. The second-order valence-electron chi connectivity index (χ2n) is 7.33. The molecule has 0 radical (unpaired) electrons. The number of carbonyl (C=O) groups is 2. The van der Waals surface area contributed by atoms with E-state index in [0.717, 1.165) is 17.5 Å². The normalized spacial score (nSPS) is 11.4. The van der Waals surface area contributed by atoms with E-state index >= 15 is 0 Å². The first-order valence-electron chi connectivity index (χ1n) is 10.6. The average molecular weight is 451 g/mol. The molecular formula is C26H27ClN2O3. The van der Waals surface area contributed by atoms with Crippen LogP contribution in [-0.4, -0.2) is 29.9 Å². The van der Waals surface area contributed by atoms with Crippen LogP contribution in [-0.2, 0) is 16.1 Å². The smallest absolute Gasteiger partial charge is 0.261 e. The van der Waals surface area contributed by atoms with Gasteiger partial charge in [-0.1, -0.05) is 91.3 Å². The van der Waals surface area contributed by atoms with Crippen molar-refractivity contribution in [2.45, 2.75) is 25.9 Å². The van der Waals surface area contributed by atoms with Crippen LogP contribution >= 0.6 is 11.6 Å². The summed E-state index contributed by atoms with van der Waals surface area (Å²) in [4.78, 5) is 28.2. The van der Waals surface area contributed by atoms with E-state index in [1.807, 2.05) is 67.6 Å². The van der Waals surface area contributed by atoms with Gasteiger partial charge in [0.2, 0.25) is 5.91 Å². The highest BCUT2D eigenvalue weighted by Crippen LogP contribution is 2.26. The Bertz CT molecular complexity index is 1010. The Morgan fingerprint density at radius 1 is 0.938 bits per heavy atom. The first-order chi connectivity index (χ1) is 15.6. The lowest BCUT2D eigenvalue weighted by molar-refractivity contribution is -0.143. The van der Waals surface area contributed by atoms with Crippen LogP contribution in [0.3, 0.4) is 0 Å². The number of hydrogen-bond donors (Lipinski definition) is 1. The van der Waals surface area contributed by atoms with Gasteiger partial charge in [-0.15, -0.1) is 0 Å². The lowest BCUT2D eigenvalue weighted by atomic mass is 10.0. The molecule has 0 aliphatic rings. The van der Waals surface area contributed by atoms with Gasteiger partial charge in [0.25, 0.3) is 5.91 Å². The molecule has 1 N–H and O–H groups in total. The van der Waals surface area contributed by atoms with Crippen molar-refractivity contribution in [3.05, 3.63) is 101 Å². The Morgan fingerprint density at radius 2 is 1.56 bits per heavy atom. The molecule has 3 aromatic rings. The van der Waals surface area contributed by atoms with Crippen molar-refractivity contribution >= 4 is 23.4 Å². The molecule has 0 aromatic heterocycles. The van der Waals surface area contributed by atoms with Gasteiger partial charge in [-0.3, -0.25) is 9.59 Å². The second kappa shape index (κ2) is 11.9. The molecule has 0 saturated heterocycles. The minimum absolute atomic E-state index is 0.222. The molecular weight excluding hydrogens is 424 g/mol. The fourth-order valence-electron chi connectivity index (χ4n) is 3.34. The van der Waals surface area contributed by atoms with Crippen LogP contribution in [0.1, 0.15) is 30.5 Å². The summed E-state index contributed by atoms with van der Waals surface area (Å²) in [6, 6.07) is 25.1. The van der Waals surface area contributed by atoms with E-state index in [9.17, 15) is 9.59 Å². The van der Waals surface area contributed by atoms with Crippen molar-refractivity contribution in [1.82, 2.24) is 10.2 Å². The third kappa shape index (κ3) is 6.34. The summed E-state index contributed by atoms with van der Waals surface area (Å²) in [5, 5.41) is 3.37. The van der Waals surface area contributed by atoms with E-state index in [1.54, 1.807) is 29.2 Å². The van der Waals surface area contributed by atoms with Crippen LogP contribution in [0.25, 0.3) is 0 Å². The second-order valence-corrected chi connectivity index (χ2v) is 7.74. The monoisotopic (exact) mass is 450 g/mol. The van der Waals surface area contributed by atoms with Crippen LogP contribution in [0.2, 0.25) is 5.02 Å². The van der Waals surface area contributed by atoms with E-state index in [2.05, 4.69) is 5.32 Å². The van der Waals surface area contributed by atoms with Crippen LogP contribution < -0.4 is 10.1 Å². The maximum Gasteiger partial charge on any atom is 0.261 e. The zero-order chi connectivity index (χ0) is 22.8. The Morgan fingerprint density at radius 3 is 2.22 bits per heavy atom. The lowest BCUT2D eigenvalue weighted by Gasteiger charge is -2.31. The largest absolute Gasteiger partial charge is 0.482 e. The molecule has 2 amide bonds. The van der Waals surface area contributed by atoms with Crippen molar-refractivity contribution in [1.29, 1.82) is 0 Å². The highest BCUT2D eigenvalue weighted by molar-refractivity contribution is 6.32. The van der Waals surface area contributed by atoms with Crippen molar-refractivity contribution in [2.24, 2.45) is 0 Å². The summed E-state index contributed by atoms with van der Waals surface area (Å²) in [6.45, 7) is 2.55. The molecule has 0 unspecified atom stereocenters. The van der Waals surface area contributed by atoms with Crippen molar-refractivity contribution in [3.63, 3.8) is 0 Å². The maximum atomic E-state index is 13.4. The molecule has 0 aliphatic heterocycles. The first kappa shape index (κ1) is 23.4. The van der Waals surface area contributed by atoms with Gasteiger partial charge in [0.15, 0.2) is 6.61 Å². The van der Waals surface area contributed by atoms with Gasteiger partial charge in [-0.2, -0.15) is 0 Å². The van der Waals surface area contributed by atoms with Gasteiger partial charge in [-0.05, 0) is 29.7 Å². The van der Waals surface area contributed by atoms with Crippen molar-refractivity contribution < 1.29 is 14.3 Å². The van der Waals surface area contributed by atoms with Crippen molar-refractivity contribution in [2.75, 3.05) is 13.2 Å². The molecule has 32 heavy (non-hydrogen) atoms. The summed E-state index contributed by atoms with van der Waals surface area (Å²) in [5.74, 6) is -0.108. The molecule has 5 nitrogen and oxygen atoms in total. The number of nitrogens with zero attached hydrogens (tertiary/aromatic N) is 1. The predicted octanol–water partition coefficient (Wildman–Crippen LogP) is 5.02. The topological polar surface area (TPSA) is 58.6 Å². The Hall–Kier alpha value is -3.31. The number of amides is 2. The summed E-state index contributed by atoms with van der Waals surface area (Å²) in [7, 11) is 0. The first-order valence-corrected chi connectivity index (χ1v) is 11.0. The molecule has 1 atom stereocenters. The number of para-hydroxylation sites is 1. The Labute approximate surface area is 194 Å². The quantitative estimate of drug-likeness (QED) is 0.472. The van der Waals surface area contributed by atoms with Crippen LogP contribution in [0, 0.1) is 0 Å². The Balaban J connectivity index is 1.91. The van der Waals surface area contributed by atoms with E-state index in [4.69, 9.17) is 16.3 Å². The lowest BCUT2D eigenvalue weighted by Crippen LogP contribution is -2.45. The minimum Gasteiger partial charge on any atom is -0.482 e. The fraction of sp³-hybridized carbons (Fsp3) is 0.231. The summed E-state index contributed by atoms with van der Waals surface area (Å²) in [6.07, 6.45) is 0.801. The van der Waals surface area contributed by atoms with E-state index < -0.39 is 6.04 Å². The molecule has 0 spiro atoms. The highest BCUT2D eigenvalue weighted by atomic mass is 35.5. The van der Waals surface area contributed by atoms with Crippen LogP contribution in [0.4, 0.5) is 0 Å². The maximum absolute atomic E-state index is 13.4. The van der Waals surface area contributed by atoms with Crippen molar-refractivity contribution in [3.8, 4) is 5.75 Å². The number of benzene rings is 3. The zero-order valence-electron chi connectivity index (χ0n) is 18.0. The highest BCUT2D eigenvalue weighted by Gasteiger charge is 2.31. The molecule has 0 fully saturated rings. The minimum atomic E-state index is -0.787. The molecule has 0 bridgehead atoms. The molecule has 0 saturated carbocycles. The van der Waals surface area contributed by atoms with E-state index in [1.165, 1.54) is 0 Å². The summed E-state index contributed by atoms with van der Waals surface area (Å²) in [5.41, 5.74) is 1.66. The number of nitrogens with one attached hydrogen (secondary N) is 1. The van der Waals surface area contributed by atoms with Crippen LogP contribution in [0.5, 0.6) is 5.75 Å². The van der Waals surface area contributed by atoms with E-state index in [-0.39, 0.29) is 25.0 Å². The number of hydrogen-bond acceptors (Lipinski definition) is 3. The zero-order valence-corrected chi connectivity index (χ0v) is 18.8. The molecule has 0 aliphatic carbocycles. The third-order valence-electron chi connectivity index (χ3n) is 4.93. The summed E-state index contributed by atoms with van der Waals surface area (Å²) < 4.78 is 5.71. The fourth-order valence-corrected chi connectivity index (χ4v) is 3.53. The Kier molecular flexibility index (Phi) is 8.70. The number of rotatable bonds is 10. The predicted molar refractivity (Wildman–Crippen MR) is 126 cm³/mol. The van der Waals surface area contributed by atoms with Gasteiger partial charge in [-0.25, -0.2) is 0 Å². The molecule has 6 heteroatoms. The third-order valence-corrected chi connectivity index (χ3v) is 5.24. The summed E-state index contributed by atoms with van der Waals surface area (Å²) >= 11 is 6.17. The average Bonchev–Trinajstić information content (AvgIpc) is 2.83. The SMILES string of the molecule is CCCNC(=O)[C@H](c1ccccc1)N(Cc1ccccc1)C(=O)COc1ccccc1Cl. The van der Waals surface area contributed by atoms with Gasteiger partial charge >= 0.3 is 0 Å². The number of carbonyl (C=O) groups excluding carboxylic acids is 2. The van der Waals surface area contributed by atoms with Gasteiger partial charge in [0.1, 0.15) is 11.8 Å². The van der Waals surface area contributed by atoms with Gasteiger partial charge < -0.3 is 15.0 Å². The van der Waals surface area contributed by atoms with E-state index in [0.29, 0.717) is 17.3 Å². The standard InChI is InChI=1S/C26H27ClN2O3/c1-2-17-28-26(31)25(21-13-7-4-8-14-21)29(18-20-11-5-3-6-12-20)24(30)19-32-23-16-10-9-15-22(23)27/h3-16,25H,2,17-19H2,1H3,(H,28,31)/t25-/m0/s1. The molecule has 3 aromatic carbocycles. The number of ether oxygens (including phenoxy) is 1. The molecule has 166 valence electrons.